The van der Waals surface area contributed by atoms with E-state index in [0.29, 0.717) is 13.2 Å². The molecule has 216 valence electrons. The molecule has 0 heterocycles. The minimum Gasteiger partial charge on any atom is -0.457 e. The van der Waals surface area contributed by atoms with Crippen LogP contribution in [-0.4, -0.2) is 13.2 Å². The van der Waals surface area contributed by atoms with Crippen LogP contribution in [0.2, 0.25) is 0 Å². The molecule has 0 N–H and O–H groups in total. The molecule has 0 spiro atoms. The molecule has 0 saturated heterocycles. The Hall–Kier alpha value is -2.36. The predicted octanol–water partition coefficient (Wildman–Crippen LogP) is 11.5. The monoisotopic (exact) mass is 534 g/mol. The highest BCUT2D eigenvalue weighted by atomic mass is 16.5. The average Bonchev–Trinajstić information content (AvgIpc) is 2.96. The smallest absolute Gasteiger partial charge is 0.133 e. The van der Waals surface area contributed by atoms with Crippen molar-refractivity contribution >= 4 is 0 Å². The molecule has 0 bridgehead atoms. The molecule has 3 heteroatoms. The van der Waals surface area contributed by atoms with Gasteiger partial charge in [-0.15, -0.1) is 13.2 Å². The number of unbranched alkanes of at least 4 members (excludes halogenated alkanes) is 10. The predicted molar refractivity (Wildman–Crippen MR) is 167 cm³/mol. The Morgan fingerprint density at radius 1 is 0.564 bits per heavy atom. The maximum Gasteiger partial charge on any atom is 0.133 e. The fourth-order valence-corrected chi connectivity index (χ4v) is 5.04. The van der Waals surface area contributed by atoms with Crippen molar-refractivity contribution in [1.82, 2.24) is 0 Å². The van der Waals surface area contributed by atoms with E-state index in [4.69, 9.17) is 14.2 Å². The number of ether oxygens (including phenoxy) is 3. The van der Waals surface area contributed by atoms with E-state index in [1.807, 2.05) is 24.3 Å². The highest BCUT2D eigenvalue weighted by molar-refractivity contribution is 5.43. The molecule has 0 aliphatic rings. The number of hydrogen-bond acceptors (Lipinski definition) is 3. The van der Waals surface area contributed by atoms with E-state index in [0.717, 1.165) is 48.3 Å². The second kappa shape index (κ2) is 21.5. The van der Waals surface area contributed by atoms with Crippen molar-refractivity contribution < 1.29 is 14.2 Å². The molecular weight excluding hydrogens is 480 g/mol. The molecule has 0 amide bonds. The van der Waals surface area contributed by atoms with Crippen LogP contribution in [0.5, 0.6) is 11.5 Å². The van der Waals surface area contributed by atoms with Crippen LogP contribution in [0.1, 0.15) is 127 Å². The Labute approximate surface area is 239 Å². The van der Waals surface area contributed by atoms with Crippen molar-refractivity contribution in [1.29, 1.82) is 0 Å². The molecule has 2 atom stereocenters. The standard InChI is InChI=1S/C36H54O3/c1-5-9-11-13-15-17-25-33(37-29-7-3)31-23-19-21-27-35(31)39-36-28-22-20-24-32(36)34(38-30-8-4)26-18-16-14-12-10-6-2/h7-8,19-24,27-28,33-34H,3-6,9-18,25-26,29-30H2,1-2H3. The largest absolute Gasteiger partial charge is 0.457 e. The molecule has 3 nitrogen and oxygen atoms in total. The molecule has 2 rings (SSSR count). The van der Waals surface area contributed by atoms with Crippen LogP contribution in [0, 0.1) is 0 Å². The molecule has 0 radical (unpaired) electrons. The molecule has 2 unspecified atom stereocenters. The second-order valence-corrected chi connectivity index (χ2v) is 10.5. The van der Waals surface area contributed by atoms with Crippen LogP contribution >= 0.6 is 0 Å². The van der Waals surface area contributed by atoms with Crippen LogP contribution < -0.4 is 4.74 Å². The molecule has 0 fully saturated rings. The Kier molecular flexibility index (Phi) is 18.1. The summed E-state index contributed by atoms with van der Waals surface area (Å²) >= 11 is 0. The lowest BCUT2D eigenvalue weighted by Gasteiger charge is -2.23. The Morgan fingerprint density at radius 3 is 1.36 bits per heavy atom. The van der Waals surface area contributed by atoms with E-state index in [2.05, 4.69) is 63.4 Å². The quantitative estimate of drug-likeness (QED) is 0.0990. The van der Waals surface area contributed by atoms with Crippen molar-refractivity contribution in [3.8, 4) is 11.5 Å². The van der Waals surface area contributed by atoms with Gasteiger partial charge in [0.25, 0.3) is 0 Å². The summed E-state index contributed by atoms with van der Waals surface area (Å²) in [5.41, 5.74) is 2.20. The van der Waals surface area contributed by atoms with Crippen LogP contribution in [-0.2, 0) is 9.47 Å². The van der Waals surface area contributed by atoms with Crippen molar-refractivity contribution in [3.63, 3.8) is 0 Å². The molecule has 0 aliphatic heterocycles. The molecule has 0 aromatic heterocycles. The Balaban J connectivity index is 2.18. The molecule has 2 aromatic rings. The first-order valence-corrected chi connectivity index (χ1v) is 15.6. The summed E-state index contributed by atoms with van der Waals surface area (Å²) in [7, 11) is 0. The van der Waals surface area contributed by atoms with Gasteiger partial charge in [-0.2, -0.15) is 0 Å². The van der Waals surface area contributed by atoms with Gasteiger partial charge in [0.1, 0.15) is 11.5 Å². The van der Waals surface area contributed by atoms with Crippen molar-refractivity contribution in [2.75, 3.05) is 13.2 Å². The van der Waals surface area contributed by atoms with Gasteiger partial charge in [-0.25, -0.2) is 0 Å². The van der Waals surface area contributed by atoms with Gasteiger partial charge in [0.05, 0.1) is 25.4 Å². The first-order valence-electron chi connectivity index (χ1n) is 15.6. The lowest BCUT2D eigenvalue weighted by atomic mass is 10.00. The van der Waals surface area contributed by atoms with E-state index in [1.54, 1.807) is 0 Å². The topological polar surface area (TPSA) is 27.7 Å². The van der Waals surface area contributed by atoms with E-state index < -0.39 is 0 Å². The van der Waals surface area contributed by atoms with Crippen LogP contribution in [0.15, 0.2) is 73.8 Å². The van der Waals surface area contributed by atoms with Gasteiger partial charge in [0, 0.05) is 11.1 Å². The Morgan fingerprint density at radius 2 is 0.949 bits per heavy atom. The maximum absolute atomic E-state index is 6.67. The highest BCUT2D eigenvalue weighted by Gasteiger charge is 2.20. The highest BCUT2D eigenvalue weighted by Crippen LogP contribution is 2.38. The lowest BCUT2D eigenvalue weighted by molar-refractivity contribution is 0.0617. The van der Waals surface area contributed by atoms with Crippen LogP contribution in [0.4, 0.5) is 0 Å². The normalized spacial score (nSPS) is 12.7. The number of hydrogen-bond donors (Lipinski definition) is 0. The number of benzene rings is 2. The Bertz CT molecular complexity index is 832. The summed E-state index contributed by atoms with van der Waals surface area (Å²) in [6.45, 7) is 13.3. The summed E-state index contributed by atoms with van der Waals surface area (Å²) in [6, 6.07) is 16.6. The summed E-state index contributed by atoms with van der Waals surface area (Å²) in [6.07, 6.45) is 20.7. The van der Waals surface area contributed by atoms with Crippen LogP contribution in [0.3, 0.4) is 0 Å². The fraction of sp³-hybridized carbons (Fsp3) is 0.556. The molecule has 0 aliphatic carbocycles. The zero-order valence-corrected chi connectivity index (χ0v) is 24.9. The van der Waals surface area contributed by atoms with Gasteiger partial charge in [0.2, 0.25) is 0 Å². The zero-order valence-electron chi connectivity index (χ0n) is 24.9. The number of para-hydroxylation sites is 2. The SMILES string of the molecule is C=CCOC(CCCCCCCC)c1ccccc1Oc1ccccc1C(CCCCCCCC)OCC=C. The average molecular weight is 535 g/mol. The summed E-state index contributed by atoms with van der Waals surface area (Å²) in [5, 5.41) is 0. The summed E-state index contributed by atoms with van der Waals surface area (Å²) in [5.74, 6) is 1.71. The molecule has 39 heavy (non-hydrogen) atoms. The first kappa shape index (κ1) is 32.8. The van der Waals surface area contributed by atoms with Crippen LogP contribution in [0.25, 0.3) is 0 Å². The third-order valence-electron chi connectivity index (χ3n) is 7.22. The minimum absolute atomic E-state index is 0.0199. The number of rotatable bonds is 24. The molecular formula is C36H54O3. The van der Waals surface area contributed by atoms with Crippen molar-refractivity contribution in [2.45, 2.75) is 116 Å². The van der Waals surface area contributed by atoms with Gasteiger partial charge in [0.15, 0.2) is 0 Å². The maximum atomic E-state index is 6.67. The van der Waals surface area contributed by atoms with E-state index in [1.165, 1.54) is 64.2 Å². The van der Waals surface area contributed by atoms with Gasteiger partial charge >= 0.3 is 0 Å². The van der Waals surface area contributed by atoms with Crippen molar-refractivity contribution in [3.05, 3.63) is 85.0 Å². The van der Waals surface area contributed by atoms with Gasteiger partial charge in [-0.3, -0.25) is 0 Å². The summed E-state index contributed by atoms with van der Waals surface area (Å²) < 4.78 is 19.2. The third-order valence-corrected chi connectivity index (χ3v) is 7.22. The zero-order chi connectivity index (χ0) is 28.0. The minimum atomic E-state index is -0.0199. The van der Waals surface area contributed by atoms with E-state index >= 15 is 0 Å². The molecule has 2 aromatic carbocycles. The van der Waals surface area contributed by atoms with Gasteiger partial charge < -0.3 is 14.2 Å². The third kappa shape index (κ3) is 13.0. The fourth-order valence-electron chi connectivity index (χ4n) is 5.04. The summed E-state index contributed by atoms with van der Waals surface area (Å²) in [4.78, 5) is 0. The first-order chi connectivity index (χ1) is 19.2. The lowest BCUT2D eigenvalue weighted by Crippen LogP contribution is -2.09. The van der Waals surface area contributed by atoms with Gasteiger partial charge in [-0.05, 0) is 25.0 Å². The second-order valence-electron chi connectivity index (χ2n) is 10.5. The van der Waals surface area contributed by atoms with Gasteiger partial charge in [-0.1, -0.05) is 139 Å². The van der Waals surface area contributed by atoms with Crippen molar-refractivity contribution in [2.24, 2.45) is 0 Å². The molecule has 0 saturated carbocycles. The van der Waals surface area contributed by atoms with E-state index in [-0.39, 0.29) is 12.2 Å². The van der Waals surface area contributed by atoms with E-state index in [9.17, 15) is 0 Å².